The van der Waals surface area contributed by atoms with Crippen LogP contribution in [0.25, 0.3) is 0 Å². The summed E-state index contributed by atoms with van der Waals surface area (Å²) in [5.41, 5.74) is 9.37. The number of aromatic nitrogens is 1. The van der Waals surface area contributed by atoms with Crippen LogP contribution < -0.4 is 11.1 Å². The molecule has 0 bridgehead atoms. The molecule has 1 aromatic heterocycles. The fourth-order valence-electron chi connectivity index (χ4n) is 1.71. The zero-order valence-electron chi connectivity index (χ0n) is 11.1. The molecular weight excluding hydrogens is 238 g/mol. The highest BCUT2D eigenvalue weighted by Crippen LogP contribution is 2.13. The summed E-state index contributed by atoms with van der Waals surface area (Å²) in [5.74, 6) is 0.448. The highest BCUT2D eigenvalue weighted by Gasteiger charge is 2.05. The SMILES string of the molecule is Cc1ccc(CC(=O)Nc2cc(C)c(N)cn2)cc1. The van der Waals surface area contributed by atoms with E-state index < -0.39 is 0 Å². The molecule has 0 saturated heterocycles. The number of amides is 1. The maximum atomic E-state index is 11.9. The van der Waals surface area contributed by atoms with Gasteiger partial charge in [0, 0.05) is 0 Å². The number of carbonyl (C=O) groups excluding carboxylic acids is 1. The van der Waals surface area contributed by atoms with Crippen LogP contribution in [0.15, 0.2) is 36.5 Å². The van der Waals surface area contributed by atoms with E-state index in [1.165, 1.54) is 5.56 Å². The van der Waals surface area contributed by atoms with Gasteiger partial charge in [-0.1, -0.05) is 29.8 Å². The second-order valence-electron chi connectivity index (χ2n) is 4.64. The van der Waals surface area contributed by atoms with Crippen molar-refractivity contribution >= 4 is 17.4 Å². The number of aryl methyl sites for hydroxylation is 2. The van der Waals surface area contributed by atoms with E-state index in [9.17, 15) is 4.79 Å². The molecule has 4 nitrogen and oxygen atoms in total. The molecule has 0 aliphatic carbocycles. The van der Waals surface area contributed by atoms with Gasteiger partial charge in [-0.2, -0.15) is 0 Å². The lowest BCUT2D eigenvalue weighted by atomic mass is 10.1. The van der Waals surface area contributed by atoms with Crippen LogP contribution in [0, 0.1) is 13.8 Å². The van der Waals surface area contributed by atoms with Gasteiger partial charge >= 0.3 is 0 Å². The van der Waals surface area contributed by atoms with E-state index in [1.54, 1.807) is 12.3 Å². The molecule has 0 radical (unpaired) electrons. The summed E-state index contributed by atoms with van der Waals surface area (Å²) in [5, 5.41) is 2.77. The molecule has 0 atom stereocenters. The predicted octanol–water partition coefficient (Wildman–Crippen LogP) is 2.46. The van der Waals surface area contributed by atoms with Crippen molar-refractivity contribution in [2.45, 2.75) is 20.3 Å². The number of benzene rings is 1. The van der Waals surface area contributed by atoms with Crippen molar-refractivity contribution in [1.82, 2.24) is 4.98 Å². The molecule has 2 rings (SSSR count). The standard InChI is InChI=1S/C15H17N3O/c1-10-3-5-12(6-4-10)8-15(19)18-14-7-11(2)13(16)9-17-14/h3-7,9H,8,16H2,1-2H3,(H,17,18,19). The summed E-state index contributed by atoms with van der Waals surface area (Å²) in [6.07, 6.45) is 1.89. The number of pyridine rings is 1. The first-order chi connectivity index (χ1) is 9.04. The average Bonchev–Trinajstić information content (AvgIpc) is 2.37. The first kappa shape index (κ1) is 13.1. The number of carbonyl (C=O) groups is 1. The van der Waals surface area contributed by atoms with Crippen molar-refractivity contribution in [3.05, 3.63) is 53.2 Å². The van der Waals surface area contributed by atoms with Gasteiger partial charge in [-0.05, 0) is 31.0 Å². The van der Waals surface area contributed by atoms with Crippen LogP contribution in [0.1, 0.15) is 16.7 Å². The molecular formula is C15H17N3O. The van der Waals surface area contributed by atoms with Crippen molar-refractivity contribution in [1.29, 1.82) is 0 Å². The number of hydrogen-bond acceptors (Lipinski definition) is 3. The first-order valence-corrected chi connectivity index (χ1v) is 6.12. The van der Waals surface area contributed by atoms with Crippen molar-refractivity contribution in [2.75, 3.05) is 11.1 Å². The van der Waals surface area contributed by atoms with Gasteiger partial charge in [-0.25, -0.2) is 4.98 Å². The average molecular weight is 255 g/mol. The highest BCUT2D eigenvalue weighted by atomic mass is 16.1. The topological polar surface area (TPSA) is 68.0 Å². The summed E-state index contributed by atoms with van der Waals surface area (Å²) in [6, 6.07) is 9.66. The maximum Gasteiger partial charge on any atom is 0.229 e. The lowest BCUT2D eigenvalue weighted by molar-refractivity contribution is -0.115. The van der Waals surface area contributed by atoms with Gasteiger partial charge in [-0.3, -0.25) is 4.79 Å². The smallest absolute Gasteiger partial charge is 0.229 e. The molecule has 2 aromatic rings. The highest BCUT2D eigenvalue weighted by molar-refractivity contribution is 5.91. The Hall–Kier alpha value is -2.36. The Bertz CT molecular complexity index is 591. The molecule has 1 heterocycles. The molecule has 0 aliphatic rings. The van der Waals surface area contributed by atoms with E-state index >= 15 is 0 Å². The molecule has 0 aliphatic heterocycles. The summed E-state index contributed by atoms with van der Waals surface area (Å²) in [6.45, 7) is 3.90. The lowest BCUT2D eigenvalue weighted by Crippen LogP contribution is -2.15. The number of hydrogen-bond donors (Lipinski definition) is 2. The molecule has 0 spiro atoms. The van der Waals surface area contributed by atoms with E-state index in [4.69, 9.17) is 5.73 Å². The lowest BCUT2D eigenvalue weighted by Gasteiger charge is -2.07. The van der Waals surface area contributed by atoms with Gasteiger partial charge in [0.25, 0.3) is 0 Å². The fourth-order valence-corrected chi connectivity index (χ4v) is 1.71. The van der Waals surface area contributed by atoms with E-state index in [2.05, 4.69) is 10.3 Å². The molecule has 0 fully saturated rings. The molecule has 1 aromatic carbocycles. The number of nitrogens with one attached hydrogen (secondary N) is 1. The first-order valence-electron chi connectivity index (χ1n) is 6.12. The van der Waals surface area contributed by atoms with Crippen molar-refractivity contribution in [3.8, 4) is 0 Å². The van der Waals surface area contributed by atoms with Crippen LogP contribution in [-0.2, 0) is 11.2 Å². The van der Waals surface area contributed by atoms with Crippen LogP contribution in [0.5, 0.6) is 0 Å². The summed E-state index contributed by atoms with van der Waals surface area (Å²) in [4.78, 5) is 16.0. The fraction of sp³-hybridized carbons (Fsp3) is 0.200. The second kappa shape index (κ2) is 5.52. The van der Waals surface area contributed by atoms with Crippen molar-refractivity contribution in [2.24, 2.45) is 0 Å². The normalized spacial score (nSPS) is 10.2. The van der Waals surface area contributed by atoms with Crippen molar-refractivity contribution in [3.63, 3.8) is 0 Å². The Morgan fingerprint density at radius 3 is 2.58 bits per heavy atom. The van der Waals surface area contributed by atoms with E-state index in [0.717, 1.165) is 11.1 Å². The molecule has 0 saturated carbocycles. The second-order valence-corrected chi connectivity index (χ2v) is 4.64. The Morgan fingerprint density at radius 1 is 1.26 bits per heavy atom. The minimum Gasteiger partial charge on any atom is -0.397 e. The minimum absolute atomic E-state index is 0.0828. The quantitative estimate of drug-likeness (QED) is 0.885. The van der Waals surface area contributed by atoms with Gasteiger partial charge < -0.3 is 11.1 Å². The van der Waals surface area contributed by atoms with Crippen LogP contribution in [-0.4, -0.2) is 10.9 Å². The third-order valence-electron chi connectivity index (χ3n) is 2.90. The number of anilines is 2. The van der Waals surface area contributed by atoms with Crippen LogP contribution in [0.2, 0.25) is 0 Å². The van der Waals surface area contributed by atoms with E-state index in [0.29, 0.717) is 17.9 Å². The third kappa shape index (κ3) is 3.55. The van der Waals surface area contributed by atoms with Crippen LogP contribution >= 0.6 is 0 Å². The predicted molar refractivity (Wildman–Crippen MR) is 76.9 cm³/mol. The minimum atomic E-state index is -0.0828. The zero-order chi connectivity index (χ0) is 13.8. The summed E-state index contributed by atoms with van der Waals surface area (Å²) < 4.78 is 0. The number of rotatable bonds is 3. The van der Waals surface area contributed by atoms with Gasteiger partial charge in [0.15, 0.2) is 0 Å². The number of nitrogens with zero attached hydrogens (tertiary/aromatic N) is 1. The third-order valence-corrected chi connectivity index (χ3v) is 2.90. The van der Waals surface area contributed by atoms with Gasteiger partial charge in [0.1, 0.15) is 5.82 Å². The number of nitrogens with two attached hydrogens (primary N) is 1. The van der Waals surface area contributed by atoms with E-state index in [-0.39, 0.29) is 5.91 Å². The molecule has 3 N–H and O–H groups in total. The largest absolute Gasteiger partial charge is 0.397 e. The summed E-state index contributed by atoms with van der Waals surface area (Å²) >= 11 is 0. The molecule has 98 valence electrons. The molecule has 0 unspecified atom stereocenters. The molecule has 19 heavy (non-hydrogen) atoms. The van der Waals surface area contributed by atoms with Gasteiger partial charge in [0.05, 0.1) is 18.3 Å². The molecule has 1 amide bonds. The van der Waals surface area contributed by atoms with Crippen LogP contribution in [0.4, 0.5) is 11.5 Å². The Balaban J connectivity index is 2.01. The number of nitrogen functional groups attached to an aromatic ring is 1. The van der Waals surface area contributed by atoms with Gasteiger partial charge in [-0.15, -0.1) is 0 Å². The van der Waals surface area contributed by atoms with Crippen LogP contribution in [0.3, 0.4) is 0 Å². The van der Waals surface area contributed by atoms with Crippen molar-refractivity contribution < 1.29 is 4.79 Å². The maximum absolute atomic E-state index is 11.9. The van der Waals surface area contributed by atoms with E-state index in [1.807, 2.05) is 38.1 Å². The zero-order valence-corrected chi connectivity index (χ0v) is 11.1. The summed E-state index contributed by atoms with van der Waals surface area (Å²) in [7, 11) is 0. The Morgan fingerprint density at radius 2 is 1.95 bits per heavy atom. The van der Waals surface area contributed by atoms with Gasteiger partial charge in [0.2, 0.25) is 5.91 Å². The Labute approximate surface area is 112 Å². The Kier molecular flexibility index (Phi) is 3.80. The molecule has 4 heteroatoms. The monoisotopic (exact) mass is 255 g/mol.